The molecule has 5 nitrogen and oxygen atoms in total. The van der Waals surface area contributed by atoms with E-state index in [-0.39, 0.29) is 24.0 Å². The van der Waals surface area contributed by atoms with E-state index >= 15 is 0 Å². The predicted molar refractivity (Wildman–Crippen MR) is 105 cm³/mol. The lowest BCUT2D eigenvalue weighted by atomic mass is 9.86. The molecule has 3 atom stereocenters. The smallest absolute Gasteiger partial charge is 0.191 e. The molecule has 2 bridgehead atoms. The number of nitrogens with zero attached hydrogens (tertiary/aromatic N) is 3. The summed E-state index contributed by atoms with van der Waals surface area (Å²) in [5, 5.41) is 11.0. The fourth-order valence-electron chi connectivity index (χ4n) is 4.16. The van der Waals surface area contributed by atoms with Crippen molar-refractivity contribution in [3.63, 3.8) is 0 Å². The topological polar surface area (TPSA) is 54.2 Å². The molecule has 0 radical (unpaired) electrons. The van der Waals surface area contributed by atoms with E-state index in [1.54, 1.807) is 0 Å². The van der Waals surface area contributed by atoms with Crippen LogP contribution in [0.2, 0.25) is 0 Å². The Morgan fingerprint density at radius 2 is 2.22 bits per heavy atom. The van der Waals surface area contributed by atoms with Crippen LogP contribution in [0.1, 0.15) is 44.7 Å². The number of aromatic nitrogens is 2. The van der Waals surface area contributed by atoms with E-state index in [1.165, 1.54) is 32.1 Å². The molecular weight excluding hydrogens is 401 g/mol. The predicted octanol–water partition coefficient (Wildman–Crippen LogP) is 2.92. The second kappa shape index (κ2) is 8.89. The fraction of sp³-hybridized carbons (Fsp3) is 0.765. The van der Waals surface area contributed by atoms with E-state index in [0.717, 1.165) is 42.5 Å². The standard InChI is InChI=1S/C17H29N5.HI/c1-3-18-17(20-12-16-7-9-21-22(16)2)19-8-6-15-11-13-4-5-14(15)10-13;/h7,9,13-15H,3-6,8,10-12H2,1-2H3,(H2,18,19,20);1H. The number of nitrogens with one attached hydrogen (secondary N) is 2. The van der Waals surface area contributed by atoms with Crippen LogP contribution in [0.5, 0.6) is 0 Å². The molecule has 1 heterocycles. The summed E-state index contributed by atoms with van der Waals surface area (Å²) < 4.78 is 1.88. The van der Waals surface area contributed by atoms with Gasteiger partial charge in [0.15, 0.2) is 5.96 Å². The summed E-state index contributed by atoms with van der Waals surface area (Å²) in [5.41, 5.74) is 1.13. The molecule has 0 aliphatic heterocycles. The zero-order valence-electron chi connectivity index (χ0n) is 14.3. The van der Waals surface area contributed by atoms with Crippen LogP contribution in [0.15, 0.2) is 17.3 Å². The van der Waals surface area contributed by atoms with Crippen molar-refractivity contribution in [2.45, 2.75) is 45.6 Å². The summed E-state index contributed by atoms with van der Waals surface area (Å²) in [5.74, 6) is 3.93. The SMILES string of the molecule is CCNC(=NCc1ccnn1C)NCCC1CC2CCC1C2.I. The molecule has 3 unspecified atom stereocenters. The first-order valence-corrected chi connectivity index (χ1v) is 8.75. The molecule has 0 spiro atoms. The van der Waals surface area contributed by atoms with Gasteiger partial charge in [-0.25, -0.2) is 4.99 Å². The van der Waals surface area contributed by atoms with Gasteiger partial charge < -0.3 is 10.6 Å². The average molecular weight is 431 g/mol. The van der Waals surface area contributed by atoms with Gasteiger partial charge in [-0.3, -0.25) is 4.68 Å². The first kappa shape index (κ1) is 18.5. The highest BCUT2D eigenvalue weighted by Crippen LogP contribution is 2.49. The molecule has 0 saturated heterocycles. The lowest BCUT2D eigenvalue weighted by Gasteiger charge is -2.22. The number of aryl methyl sites for hydroxylation is 1. The molecule has 6 heteroatoms. The molecule has 2 aliphatic carbocycles. The maximum atomic E-state index is 4.66. The summed E-state index contributed by atoms with van der Waals surface area (Å²) in [6.45, 7) is 4.70. The minimum atomic E-state index is 0. The van der Waals surface area contributed by atoms with Gasteiger partial charge in [-0.05, 0) is 56.4 Å². The Morgan fingerprint density at radius 1 is 1.35 bits per heavy atom. The van der Waals surface area contributed by atoms with Gasteiger partial charge in [0.1, 0.15) is 0 Å². The summed E-state index contributed by atoms with van der Waals surface area (Å²) >= 11 is 0. The summed E-state index contributed by atoms with van der Waals surface area (Å²) in [7, 11) is 1.96. The highest BCUT2D eigenvalue weighted by molar-refractivity contribution is 14.0. The summed E-state index contributed by atoms with van der Waals surface area (Å²) in [6.07, 6.45) is 9.04. The third-order valence-electron chi connectivity index (χ3n) is 5.36. The number of hydrogen-bond acceptors (Lipinski definition) is 2. The van der Waals surface area contributed by atoms with Crippen molar-refractivity contribution >= 4 is 29.9 Å². The number of rotatable bonds is 6. The number of hydrogen-bond donors (Lipinski definition) is 2. The zero-order chi connectivity index (χ0) is 15.4. The van der Waals surface area contributed by atoms with E-state index in [4.69, 9.17) is 0 Å². The van der Waals surface area contributed by atoms with Crippen LogP contribution < -0.4 is 10.6 Å². The Labute approximate surface area is 156 Å². The van der Waals surface area contributed by atoms with Gasteiger partial charge in [-0.2, -0.15) is 5.10 Å². The molecule has 2 fully saturated rings. The quantitative estimate of drug-likeness (QED) is 0.414. The monoisotopic (exact) mass is 431 g/mol. The van der Waals surface area contributed by atoms with Gasteiger partial charge in [0.05, 0.1) is 12.2 Å². The number of fused-ring (bicyclic) bond motifs is 2. The highest BCUT2D eigenvalue weighted by atomic mass is 127. The van der Waals surface area contributed by atoms with Gasteiger partial charge >= 0.3 is 0 Å². The Hall–Kier alpha value is -0.790. The second-order valence-electron chi connectivity index (χ2n) is 6.79. The van der Waals surface area contributed by atoms with Crippen molar-refractivity contribution < 1.29 is 0 Å². The zero-order valence-corrected chi connectivity index (χ0v) is 16.6. The molecule has 0 aromatic carbocycles. The van der Waals surface area contributed by atoms with Gasteiger partial charge in [-0.15, -0.1) is 24.0 Å². The molecule has 0 amide bonds. The largest absolute Gasteiger partial charge is 0.357 e. The van der Waals surface area contributed by atoms with Crippen LogP contribution in [-0.2, 0) is 13.6 Å². The number of aliphatic imine (C=N–C) groups is 1. The lowest BCUT2D eigenvalue weighted by molar-refractivity contribution is 0.315. The van der Waals surface area contributed by atoms with Gasteiger partial charge in [0.25, 0.3) is 0 Å². The van der Waals surface area contributed by atoms with Crippen molar-refractivity contribution in [2.75, 3.05) is 13.1 Å². The van der Waals surface area contributed by atoms with E-state index < -0.39 is 0 Å². The molecule has 3 rings (SSSR count). The molecule has 1 aromatic heterocycles. The summed E-state index contributed by atoms with van der Waals surface area (Å²) in [4.78, 5) is 4.66. The third-order valence-corrected chi connectivity index (χ3v) is 5.36. The lowest BCUT2D eigenvalue weighted by Crippen LogP contribution is -2.38. The maximum Gasteiger partial charge on any atom is 0.191 e. The van der Waals surface area contributed by atoms with Gasteiger partial charge in [0.2, 0.25) is 0 Å². The van der Waals surface area contributed by atoms with E-state index in [9.17, 15) is 0 Å². The van der Waals surface area contributed by atoms with Crippen molar-refractivity contribution in [3.05, 3.63) is 18.0 Å². The molecule has 23 heavy (non-hydrogen) atoms. The summed E-state index contributed by atoms with van der Waals surface area (Å²) in [6, 6.07) is 2.02. The third kappa shape index (κ3) is 4.84. The Bertz CT molecular complexity index is 513. The minimum Gasteiger partial charge on any atom is -0.357 e. The first-order valence-electron chi connectivity index (χ1n) is 8.75. The van der Waals surface area contributed by atoms with Crippen LogP contribution in [0.3, 0.4) is 0 Å². The Kier molecular flexibility index (Phi) is 7.17. The second-order valence-corrected chi connectivity index (χ2v) is 6.79. The Morgan fingerprint density at radius 3 is 2.83 bits per heavy atom. The van der Waals surface area contributed by atoms with Crippen molar-refractivity contribution in [1.82, 2.24) is 20.4 Å². The van der Waals surface area contributed by atoms with Crippen LogP contribution in [0.4, 0.5) is 0 Å². The molecular formula is C17H30IN5. The van der Waals surface area contributed by atoms with E-state index in [0.29, 0.717) is 6.54 Å². The molecule has 1 aromatic rings. The fourth-order valence-corrected chi connectivity index (χ4v) is 4.16. The van der Waals surface area contributed by atoms with Gasteiger partial charge in [-0.1, -0.05) is 6.42 Å². The average Bonchev–Trinajstić information content (AvgIpc) is 3.22. The Balaban J connectivity index is 0.00000192. The van der Waals surface area contributed by atoms with Crippen molar-refractivity contribution in [2.24, 2.45) is 29.8 Å². The minimum absolute atomic E-state index is 0. The molecule has 2 N–H and O–H groups in total. The van der Waals surface area contributed by atoms with Crippen LogP contribution >= 0.6 is 24.0 Å². The molecule has 2 saturated carbocycles. The van der Waals surface area contributed by atoms with Gasteiger partial charge in [0, 0.05) is 26.3 Å². The van der Waals surface area contributed by atoms with Crippen LogP contribution in [0.25, 0.3) is 0 Å². The molecule has 130 valence electrons. The maximum absolute atomic E-state index is 4.66. The number of guanidine groups is 1. The van der Waals surface area contributed by atoms with E-state index in [2.05, 4.69) is 27.6 Å². The highest BCUT2D eigenvalue weighted by Gasteiger charge is 2.38. The van der Waals surface area contributed by atoms with E-state index in [1.807, 2.05) is 24.0 Å². The van der Waals surface area contributed by atoms with Crippen molar-refractivity contribution in [3.8, 4) is 0 Å². The normalized spacial score (nSPS) is 26.2. The number of halogens is 1. The molecule has 2 aliphatic rings. The van der Waals surface area contributed by atoms with Crippen LogP contribution in [0, 0.1) is 17.8 Å². The van der Waals surface area contributed by atoms with Crippen molar-refractivity contribution in [1.29, 1.82) is 0 Å². The van der Waals surface area contributed by atoms with Crippen LogP contribution in [-0.4, -0.2) is 28.8 Å². The first-order chi connectivity index (χ1) is 10.8.